The van der Waals surface area contributed by atoms with E-state index in [9.17, 15) is 13.2 Å². The molecule has 0 saturated carbocycles. The number of piperazine rings is 1. The molecule has 0 spiro atoms. The molecule has 9 nitrogen and oxygen atoms in total. The highest BCUT2D eigenvalue weighted by Crippen LogP contribution is 2.31. The Balaban J connectivity index is 1.10. The van der Waals surface area contributed by atoms with Crippen LogP contribution in [0.1, 0.15) is 10.4 Å². The number of fused-ring (bicyclic) bond motifs is 1. The normalized spacial score (nSPS) is 14.4. The van der Waals surface area contributed by atoms with Gasteiger partial charge in [-0.2, -0.15) is 0 Å². The summed E-state index contributed by atoms with van der Waals surface area (Å²) < 4.78 is 34.2. The zero-order chi connectivity index (χ0) is 27.4. The van der Waals surface area contributed by atoms with E-state index in [1.807, 2.05) is 18.2 Å². The van der Waals surface area contributed by atoms with Gasteiger partial charge in [0.25, 0.3) is 15.9 Å². The molecule has 0 aliphatic carbocycles. The molecule has 0 radical (unpaired) electrons. The Hall–Kier alpha value is -3.38. The number of amides is 1. The van der Waals surface area contributed by atoms with Gasteiger partial charge in [0.2, 0.25) is 0 Å². The molecule has 2 heterocycles. The standard InChI is InChI=1S/C27H28ClN5O4S2/c1-37-22-6-8-23(9-7-22)39(35,36)31-21-4-2-3-19(17-21)26(34)29-11-12-32-13-15-33(16-14-32)27-30-24-10-5-20(28)18-25(24)38-27/h2-10,17-18,31H,11-16H2,1H3,(H,29,34). The third kappa shape index (κ3) is 6.62. The quantitative estimate of drug-likeness (QED) is 0.302. The lowest BCUT2D eigenvalue weighted by atomic mass is 10.2. The zero-order valence-corrected chi connectivity index (χ0v) is 23.7. The van der Waals surface area contributed by atoms with Gasteiger partial charge in [0.15, 0.2) is 5.13 Å². The van der Waals surface area contributed by atoms with Crippen LogP contribution in [0, 0.1) is 0 Å². The van der Waals surface area contributed by atoms with Crippen molar-refractivity contribution < 1.29 is 17.9 Å². The Labute approximate surface area is 236 Å². The van der Waals surface area contributed by atoms with Crippen LogP contribution in [-0.2, 0) is 10.0 Å². The average molecular weight is 586 g/mol. The van der Waals surface area contributed by atoms with Gasteiger partial charge >= 0.3 is 0 Å². The smallest absolute Gasteiger partial charge is 0.261 e. The van der Waals surface area contributed by atoms with Gasteiger partial charge in [0, 0.05) is 55.5 Å². The topological polar surface area (TPSA) is 104 Å². The number of hydrogen-bond acceptors (Lipinski definition) is 8. The van der Waals surface area contributed by atoms with Crippen LogP contribution in [0.25, 0.3) is 10.2 Å². The first-order chi connectivity index (χ1) is 18.8. The summed E-state index contributed by atoms with van der Waals surface area (Å²) in [4.78, 5) is 22.2. The summed E-state index contributed by atoms with van der Waals surface area (Å²) in [7, 11) is -2.29. The van der Waals surface area contributed by atoms with Crippen LogP contribution in [0.15, 0.2) is 71.6 Å². The Kier molecular flexibility index (Phi) is 8.22. The summed E-state index contributed by atoms with van der Waals surface area (Å²) >= 11 is 7.76. The second-order valence-electron chi connectivity index (χ2n) is 9.05. The third-order valence-electron chi connectivity index (χ3n) is 6.44. The number of carbonyl (C=O) groups excluding carboxylic acids is 1. The maximum absolute atomic E-state index is 12.7. The molecule has 1 saturated heterocycles. The minimum atomic E-state index is -3.80. The van der Waals surface area contributed by atoms with Gasteiger partial charge in [-0.05, 0) is 60.7 Å². The monoisotopic (exact) mass is 585 g/mol. The first-order valence-corrected chi connectivity index (χ1v) is 15.1. The number of anilines is 2. The van der Waals surface area contributed by atoms with E-state index in [2.05, 4.69) is 19.8 Å². The van der Waals surface area contributed by atoms with Crippen LogP contribution in [0.5, 0.6) is 5.75 Å². The molecular weight excluding hydrogens is 558 g/mol. The van der Waals surface area contributed by atoms with Crippen LogP contribution < -0.4 is 19.7 Å². The number of nitrogens with zero attached hydrogens (tertiary/aromatic N) is 3. The van der Waals surface area contributed by atoms with Crippen molar-refractivity contribution in [3.63, 3.8) is 0 Å². The van der Waals surface area contributed by atoms with Gasteiger partial charge < -0.3 is 15.0 Å². The van der Waals surface area contributed by atoms with E-state index in [1.165, 1.54) is 25.3 Å². The van der Waals surface area contributed by atoms with Crippen molar-refractivity contribution in [3.05, 3.63) is 77.3 Å². The lowest BCUT2D eigenvalue weighted by molar-refractivity contribution is 0.0948. The van der Waals surface area contributed by atoms with Crippen molar-refractivity contribution in [3.8, 4) is 5.75 Å². The number of methoxy groups -OCH3 is 1. The van der Waals surface area contributed by atoms with Crippen molar-refractivity contribution in [1.82, 2.24) is 15.2 Å². The molecule has 1 aliphatic heterocycles. The Morgan fingerprint density at radius 2 is 1.82 bits per heavy atom. The highest BCUT2D eigenvalue weighted by molar-refractivity contribution is 7.92. The number of aromatic nitrogens is 1. The SMILES string of the molecule is COc1ccc(S(=O)(=O)Nc2cccc(C(=O)NCCN3CCN(c4nc5ccc(Cl)cc5s4)CC3)c2)cc1. The number of nitrogens with one attached hydrogen (secondary N) is 2. The number of thiazole rings is 1. The maximum atomic E-state index is 12.7. The summed E-state index contributed by atoms with van der Waals surface area (Å²) in [5.41, 5.74) is 1.65. The van der Waals surface area contributed by atoms with Gasteiger partial charge in [0.05, 0.1) is 22.2 Å². The molecule has 4 aromatic rings. The summed E-state index contributed by atoms with van der Waals surface area (Å²) in [5.74, 6) is 0.306. The predicted molar refractivity (Wildman–Crippen MR) is 156 cm³/mol. The molecule has 5 rings (SSSR count). The molecule has 3 aromatic carbocycles. The molecular formula is C27H28ClN5O4S2. The number of halogens is 1. The number of rotatable bonds is 9. The van der Waals surface area contributed by atoms with Gasteiger partial charge in [-0.1, -0.05) is 29.0 Å². The van der Waals surface area contributed by atoms with Crippen LogP contribution in [-0.4, -0.2) is 70.6 Å². The Bertz CT molecular complexity index is 1570. The Morgan fingerprint density at radius 1 is 1.05 bits per heavy atom. The summed E-state index contributed by atoms with van der Waals surface area (Å²) in [5, 5.41) is 4.66. The highest BCUT2D eigenvalue weighted by Gasteiger charge is 2.20. The first kappa shape index (κ1) is 27.2. The fourth-order valence-corrected chi connectivity index (χ4v) is 6.65. The van der Waals surface area contributed by atoms with E-state index in [1.54, 1.807) is 41.7 Å². The number of benzene rings is 3. The second-order valence-corrected chi connectivity index (χ2v) is 12.2. The molecule has 0 bridgehead atoms. The van der Waals surface area contributed by atoms with E-state index in [0.29, 0.717) is 28.6 Å². The molecule has 39 heavy (non-hydrogen) atoms. The van der Waals surface area contributed by atoms with E-state index in [0.717, 1.165) is 48.1 Å². The second kappa shape index (κ2) is 11.8. The van der Waals surface area contributed by atoms with Crippen LogP contribution in [0.4, 0.5) is 10.8 Å². The molecule has 1 aromatic heterocycles. The fourth-order valence-electron chi connectivity index (χ4n) is 4.31. The molecule has 1 amide bonds. The minimum Gasteiger partial charge on any atom is -0.497 e. The van der Waals surface area contributed by atoms with Crippen LogP contribution in [0.2, 0.25) is 5.02 Å². The van der Waals surface area contributed by atoms with Crippen LogP contribution >= 0.6 is 22.9 Å². The number of carbonyl (C=O) groups is 1. The van der Waals surface area contributed by atoms with Gasteiger partial charge in [-0.15, -0.1) is 0 Å². The fraction of sp³-hybridized carbons (Fsp3) is 0.259. The van der Waals surface area contributed by atoms with Gasteiger partial charge in [0.1, 0.15) is 5.75 Å². The lowest BCUT2D eigenvalue weighted by Crippen LogP contribution is -2.48. The van der Waals surface area contributed by atoms with Crippen molar-refractivity contribution in [2.75, 3.05) is 56.0 Å². The van der Waals surface area contributed by atoms with Crippen molar-refractivity contribution in [2.24, 2.45) is 0 Å². The van der Waals surface area contributed by atoms with E-state index < -0.39 is 10.0 Å². The van der Waals surface area contributed by atoms with Crippen molar-refractivity contribution in [2.45, 2.75) is 4.90 Å². The molecule has 2 N–H and O–H groups in total. The first-order valence-electron chi connectivity index (χ1n) is 12.4. The van der Waals surface area contributed by atoms with Crippen molar-refractivity contribution in [1.29, 1.82) is 0 Å². The lowest BCUT2D eigenvalue weighted by Gasteiger charge is -2.34. The molecule has 12 heteroatoms. The highest BCUT2D eigenvalue weighted by atomic mass is 35.5. The average Bonchev–Trinajstić information content (AvgIpc) is 3.36. The maximum Gasteiger partial charge on any atom is 0.261 e. The number of sulfonamides is 1. The number of hydrogen-bond donors (Lipinski definition) is 2. The molecule has 204 valence electrons. The summed E-state index contributed by atoms with van der Waals surface area (Å²) in [6.07, 6.45) is 0. The molecule has 0 atom stereocenters. The van der Waals surface area contributed by atoms with Gasteiger partial charge in [-0.3, -0.25) is 14.4 Å². The van der Waals surface area contributed by atoms with Crippen LogP contribution in [0.3, 0.4) is 0 Å². The largest absolute Gasteiger partial charge is 0.497 e. The minimum absolute atomic E-state index is 0.103. The third-order valence-corrected chi connectivity index (χ3v) is 9.15. The zero-order valence-electron chi connectivity index (χ0n) is 21.3. The van der Waals surface area contributed by atoms with Crippen molar-refractivity contribution >= 4 is 59.9 Å². The van der Waals surface area contributed by atoms with E-state index in [-0.39, 0.29) is 10.8 Å². The molecule has 0 unspecified atom stereocenters. The molecule has 1 fully saturated rings. The van der Waals surface area contributed by atoms with E-state index in [4.69, 9.17) is 21.3 Å². The summed E-state index contributed by atoms with van der Waals surface area (Å²) in [6.45, 7) is 4.67. The van der Waals surface area contributed by atoms with Gasteiger partial charge in [-0.25, -0.2) is 13.4 Å². The van der Waals surface area contributed by atoms with E-state index >= 15 is 0 Å². The predicted octanol–water partition coefficient (Wildman–Crippen LogP) is 4.31. The summed E-state index contributed by atoms with van der Waals surface area (Å²) in [6, 6.07) is 18.3. The number of ether oxygens (including phenoxy) is 1. The molecule has 1 aliphatic rings. The Morgan fingerprint density at radius 3 is 2.56 bits per heavy atom.